The van der Waals surface area contributed by atoms with Crippen molar-refractivity contribution in [1.82, 2.24) is 40.3 Å². The van der Waals surface area contributed by atoms with Gasteiger partial charge in [0.25, 0.3) is 11.5 Å². The monoisotopic (exact) mass is 1040 g/mol. The first-order chi connectivity index (χ1) is 35.4. The van der Waals surface area contributed by atoms with E-state index in [2.05, 4.69) is 30.8 Å². The van der Waals surface area contributed by atoms with Gasteiger partial charge in [0.15, 0.2) is 5.67 Å². The zero-order valence-electron chi connectivity index (χ0n) is 42.8. The van der Waals surface area contributed by atoms with Gasteiger partial charge in [0, 0.05) is 75.9 Å². The number of aliphatic hydroxyl groups is 1. The van der Waals surface area contributed by atoms with E-state index >= 15 is 0 Å². The summed E-state index contributed by atoms with van der Waals surface area (Å²) in [5, 5.41) is 20.4. The third-order valence-corrected chi connectivity index (χ3v) is 14.6. The minimum absolute atomic E-state index is 0.00273. The number of ether oxygens (including phenoxy) is 5. The molecule has 396 valence electrons. The number of benzene rings is 2. The molecule has 4 N–H and O–H groups in total. The molecule has 1 aliphatic carbocycles. The second kappa shape index (κ2) is 22.9. The maximum atomic E-state index is 14.6. The Morgan fingerprint density at radius 1 is 0.946 bits per heavy atom. The van der Waals surface area contributed by atoms with Crippen LogP contribution in [0, 0.1) is 12.3 Å². The van der Waals surface area contributed by atoms with E-state index < -0.39 is 47.0 Å². The number of nitrogens with one attached hydrogen (secondary N) is 3. The van der Waals surface area contributed by atoms with Gasteiger partial charge in [0.05, 0.1) is 73.2 Å². The molecule has 4 amide bonds. The molecule has 0 radical (unpaired) electrons. The topological polar surface area (TPSA) is 225 Å². The summed E-state index contributed by atoms with van der Waals surface area (Å²) in [5.41, 5.74) is 3.77. The van der Waals surface area contributed by atoms with E-state index in [1.165, 1.54) is 16.2 Å². The standard InChI is InChI=1S/C53H65FN8O11S/c1-31-46(74-30-57-31)32-8-9-33(22-56-48(65)41-21-36(63)26-62(41)50(67)47(52(2,3)4)59-51(68)53(54)11-12-53)42(18-32)73-17-16-71-14-15-72-29-45(64)58-35-24-61(25-35)28-40-43(69-6)19-34(20-44(40)70-7)39-27-60(5)49(66)38-23-55-13-10-37(38)39/h8-10,13,18-20,23,27,30,35-36,41,47,63H,11-12,14-17,21-22,24-26,28-29H2,1-7H3,(H,56,65)(H,58,64)(H,59,68)/t36-,41+,47-/m1/s1. The quantitative estimate of drug-likeness (QED) is 0.0718. The average molecular weight is 1040 g/mol. The lowest BCUT2D eigenvalue weighted by molar-refractivity contribution is -0.145. The maximum absolute atomic E-state index is 14.6. The molecule has 0 bridgehead atoms. The van der Waals surface area contributed by atoms with E-state index in [1.807, 2.05) is 43.3 Å². The third kappa shape index (κ3) is 12.3. The molecule has 3 aromatic heterocycles. The Morgan fingerprint density at radius 2 is 1.65 bits per heavy atom. The van der Waals surface area contributed by atoms with Gasteiger partial charge in [-0.2, -0.15) is 0 Å². The summed E-state index contributed by atoms with van der Waals surface area (Å²) < 4.78 is 45.5. The molecule has 3 atom stereocenters. The van der Waals surface area contributed by atoms with Gasteiger partial charge in [-0.1, -0.05) is 32.9 Å². The predicted octanol–water partition coefficient (Wildman–Crippen LogP) is 4.07. The molecule has 19 nitrogen and oxygen atoms in total. The number of aromatic nitrogens is 3. The number of carbonyl (C=O) groups excluding carboxylic acids is 4. The van der Waals surface area contributed by atoms with Crippen LogP contribution in [0.5, 0.6) is 17.2 Å². The van der Waals surface area contributed by atoms with Crippen LogP contribution in [-0.4, -0.2) is 150 Å². The minimum Gasteiger partial charge on any atom is -0.496 e. The highest BCUT2D eigenvalue weighted by molar-refractivity contribution is 7.13. The molecular formula is C53H65FN8O11S. The Kier molecular flexibility index (Phi) is 16.7. The van der Waals surface area contributed by atoms with Crippen LogP contribution in [0.3, 0.4) is 0 Å². The summed E-state index contributed by atoms with van der Waals surface area (Å²) >= 11 is 1.49. The van der Waals surface area contributed by atoms with Crippen molar-refractivity contribution in [3.63, 3.8) is 0 Å². The zero-order chi connectivity index (χ0) is 52.9. The summed E-state index contributed by atoms with van der Waals surface area (Å²) in [5.74, 6) is -0.362. The summed E-state index contributed by atoms with van der Waals surface area (Å²) in [6.07, 6.45) is 4.25. The summed E-state index contributed by atoms with van der Waals surface area (Å²) in [6, 6.07) is 9.14. The van der Waals surface area contributed by atoms with E-state index in [-0.39, 0.29) is 82.9 Å². The van der Waals surface area contributed by atoms with E-state index in [9.17, 15) is 33.5 Å². The SMILES string of the molecule is COc1cc(-c2cn(C)c(=O)c3cnccc23)cc(OC)c1CN1CC(NC(=O)COCCOCCOc2cc(-c3scnc3C)ccc2CNC(=O)[C@@H]2C[C@@H](O)CN2C(=O)[C@@H](NC(=O)C2(F)CC2)C(C)(C)C)C1. The maximum Gasteiger partial charge on any atom is 0.259 e. The van der Waals surface area contributed by atoms with Crippen LogP contribution in [0.1, 0.15) is 56.9 Å². The Bertz CT molecular complexity index is 2910. The van der Waals surface area contributed by atoms with Crippen LogP contribution >= 0.6 is 11.3 Å². The molecule has 21 heteroatoms. The molecule has 5 aromatic rings. The molecule has 2 aliphatic heterocycles. The summed E-state index contributed by atoms with van der Waals surface area (Å²) in [7, 11) is 4.93. The van der Waals surface area contributed by atoms with Gasteiger partial charge in [-0.15, -0.1) is 11.3 Å². The van der Waals surface area contributed by atoms with E-state index in [4.69, 9.17) is 23.7 Å². The van der Waals surface area contributed by atoms with Crippen LogP contribution in [0.15, 0.2) is 65.3 Å². The van der Waals surface area contributed by atoms with Crippen LogP contribution in [-0.2, 0) is 48.8 Å². The van der Waals surface area contributed by atoms with Crippen LogP contribution in [0.25, 0.3) is 32.3 Å². The molecule has 2 aromatic carbocycles. The number of hydrogen-bond donors (Lipinski definition) is 4. The van der Waals surface area contributed by atoms with Gasteiger partial charge in [-0.25, -0.2) is 9.37 Å². The average Bonchev–Trinajstić information content (AvgIpc) is 3.77. The smallest absolute Gasteiger partial charge is 0.259 e. The van der Waals surface area contributed by atoms with Crippen molar-refractivity contribution in [3.8, 4) is 38.8 Å². The van der Waals surface area contributed by atoms with Crippen LogP contribution in [0.4, 0.5) is 4.39 Å². The highest BCUT2D eigenvalue weighted by atomic mass is 32.1. The van der Waals surface area contributed by atoms with Crippen molar-refractivity contribution in [2.45, 2.75) is 89.9 Å². The van der Waals surface area contributed by atoms with Gasteiger partial charge in [0.2, 0.25) is 17.7 Å². The first-order valence-electron chi connectivity index (χ1n) is 24.7. The Morgan fingerprint density at radius 3 is 2.32 bits per heavy atom. The zero-order valence-corrected chi connectivity index (χ0v) is 43.6. The highest BCUT2D eigenvalue weighted by Gasteiger charge is 2.53. The van der Waals surface area contributed by atoms with Crippen molar-refractivity contribution in [1.29, 1.82) is 0 Å². The Labute approximate surface area is 432 Å². The normalized spacial score (nSPS) is 17.9. The number of halogens is 1. The number of pyridine rings is 2. The molecule has 5 heterocycles. The summed E-state index contributed by atoms with van der Waals surface area (Å²) in [6.45, 7) is 9.49. The number of β-amino-alcohol motifs (C(OH)–C–C–N with tert-alkyl or cyclic N) is 1. The molecule has 3 aliphatic rings. The molecule has 2 saturated heterocycles. The second-order valence-electron chi connectivity index (χ2n) is 20.2. The summed E-state index contributed by atoms with van der Waals surface area (Å²) in [4.78, 5) is 78.9. The Balaban J connectivity index is 0.779. The van der Waals surface area contributed by atoms with E-state index in [1.54, 1.807) is 70.7 Å². The van der Waals surface area contributed by atoms with Crippen LogP contribution < -0.4 is 35.7 Å². The van der Waals surface area contributed by atoms with Crippen molar-refractivity contribution in [3.05, 3.63) is 87.7 Å². The fourth-order valence-corrected chi connectivity index (χ4v) is 10.1. The first kappa shape index (κ1) is 53.8. The van der Waals surface area contributed by atoms with Gasteiger partial charge in [0.1, 0.15) is 42.5 Å². The van der Waals surface area contributed by atoms with Gasteiger partial charge in [-0.3, -0.25) is 33.9 Å². The molecule has 74 heavy (non-hydrogen) atoms. The molecule has 1 saturated carbocycles. The number of alkyl halides is 1. The van der Waals surface area contributed by atoms with Gasteiger partial charge in [-0.05, 0) is 66.0 Å². The third-order valence-electron chi connectivity index (χ3n) is 13.6. The van der Waals surface area contributed by atoms with E-state index in [0.717, 1.165) is 38.2 Å². The van der Waals surface area contributed by atoms with Crippen molar-refractivity contribution >= 4 is 45.7 Å². The van der Waals surface area contributed by atoms with Gasteiger partial charge < -0.3 is 54.2 Å². The predicted molar refractivity (Wildman–Crippen MR) is 275 cm³/mol. The lowest BCUT2D eigenvalue weighted by Crippen LogP contribution is -2.59. The second-order valence-corrected chi connectivity index (χ2v) is 21.0. The van der Waals surface area contributed by atoms with Crippen molar-refractivity contribution in [2.24, 2.45) is 12.5 Å². The first-order valence-corrected chi connectivity index (χ1v) is 25.5. The lowest BCUT2D eigenvalue weighted by atomic mass is 9.85. The molecule has 8 rings (SSSR count). The lowest BCUT2D eigenvalue weighted by Gasteiger charge is -2.40. The largest absolute Gasteiger partial charge is 0.496 e. The van der Waals surface area contributed by atoms with E-state index in [0.29, 0.717) is 47.8 Å². The number of thiazole rings is 1. The number of hydrogen-bond acceptors (Lipinski definition) is 15. The number of rotatable bonds is 22. The minimum atomic E-state index is -1.99. The fraction of sp³-hybridized carbons (Fsp3) is 0.491. The molecule has 0 spiro atoms. The molecule has 3 fully saturated rings. The van der Waals surface area contributed by atoms with Crippen molar-refractivity contribution in [2.75, 3.05) is 66.9 Å². The Hall–Kier alpha value is -6.52. The van der Waals surface area contributed by atoms with Crippen molar-refractivity contribution < 1.29 is 52.4 Å². The number of methoxy groups -OCH3 is 2. The number of aliphatic hydroxyl groups excluding tert-OH is 1. The number of likely N-dealkylation sites (tertiary alicyclic amines) is 2. The fourth-order valence-electron chi connectivity index (χ4n) is 9.29. The number of amides is 4. The number of fused-ring (bicyclic) bond motifs is 1. The number of nitrogens with zero attached hydrogens (tertiary/aromatic N) is 5. The molecular weight excluding hydrogens is 976 g/mol. The molecule has 0 unspecified atom stereocenters. The van der Waals surface area contributed by atoms with Gasteiger partial charge >= 0.3 is 0 Å². The number of aryl methyl sites for hydroxylation is 2. The van der Waals surface area contributed by atoms with Crippen LogP contribution in [0.2, 0.25) is 0 Å². The highest BCUT2D eigenvalue weighted by Crippen LogP contribution is 2.41. The number of carbonyl (C=O) groups is 4.